The molecule has 0 aliphatic heterocycles. The van der Waals surface area contributed by atoms with E-state index in [0.717, 1.165) is 10.9 Å². The van der Waals surface area contributed by atoms with Crippen molar-refractivity contribution < 1.29 is 4.79 Å². The Kier molecular flexibility index (Phi) is 3.30. The second kappa shape index (κ2) is 4.61. The molecule has 1 N–H and O–H groups in total. The Morgan fingerprint density at radius 3 is 2.56 bits per heavy atom. The Labute approximate surface area is 112 Å². The van der Waals surface area contributed by atoms with Crippen molar-refractivity contribution >= 4 is 29.6 Å². The van der Waals surface area contributed by atoms with Crippen LogP contribution in [0.1, 0.15) is 36.8 Å². The Morgan fingerprint density at radius 2 is 1.94 bits per heavy atom. The minimum absolute atomic E-state index is 0.106. The monoisotopic (exact) mass is 260 g/mol. The second-order valence-corrected chi connectivity index (χ2v) is 5.52. The van der Waals surface area contributed by atoms with Gasteiger partial charge >= 0.3 is 0 Å². The van der Waals surface area contributed by atoms with Gasteiger partial charge in [0.25, 0.3) is 5.91 Å². The van der Waals surface area contributed by atoms with Gasteiger partial charge in [0.15, 0.2) is 0 Å². The zero-order valence-corrected chi connectivity index (χ0v) is 11.6. The van der Waals surface area contributed by atoms with E-state index in [0.29, 0.717) is 5.69 Å². The molecule has 4 heteroatoms. The third-order valence-corrected chi connectivity index (χ3v) is 3.09. The van der Waals surface area contributed by atoms with E-state index in [4.69, 9.17) is 0 Å². The number of nitrogens with one attached hydrogen (secondary N) is 1. The van der Waals surface area contributed by atoms with Crippen LogP contribution in [-0.4, -0.2) is 10.9 Å². The summed E-state index contributed by atoms with van der Waals surface area (Å²) in [5, 5.41) is 1.04. The van der Waals surface area contributed by atoms with Gasteiger partial charge in [0, 0.05) is 5.39 Å². The van der Waals surface area contributed by atoms with E-state index in [-0.39, 0.29) is 11.3 Å². The first-order chi connectivity index (χ1) is 8.41. The standard InChI is InChI=1S/C14H16N2OS/c1-14(2,3)10-5-7-11-9(8-10)4-6-12(15-11)13(17)16-18/h4-8,18H,1-3H3,(H,16,17). The lowest BCUT2D eigenvalue weighted by atomic mass is 9.86. The number of benzene rings is 1. The number of carbonyl (C=O) groups is 1. The van der Waals surface area contributed by atoms with Gasteiger partial charge in [-0.2, -0.15) is 0 Å². The summed E-state index contributed by atoms with van der Waals surface area (Å²) in [4.78, 5) is 15.7. The van der Waals surface area contributed by atoms with E-state index >= 15 is 0 Å². The van der Waals surface area contributed by atoms with E-state index in [1.165, 1.54) is 5.56 Å². The number of nitrogens with zero attached hydrogens (tertiary/aromatic N) is 1. The van der Waals surface area contributed by atoms with Crippen LogP contribution in [0.3, 0.4) is 0 Å². The number of fused-ring (bicyclic) bond motifs is 1. The van der Waals surface area contributed by atoms with Gasteiger partial charge in [-0.05, 0) is 29.2 Å². The summed E-state index contributed by atoms with van der Waals surface area (Å²) < 4.78 is 2.27. The third-order valence-electron chi connectivity index (χ3n) is 2.89. The van der Waals surface area contributed by atoms with Crippen LogP contribution in [0.2, 0.25) is 0 Å². The second-order valence-electron chi connectivity index (χ2n) is 5.29. The molecule has 2 aromatic rings. The largest absolute Gasteiger partial charge is 0.297 e. The zero-order chi connectivity index (χ0) is 13.3. The molecule has 0 fully saturated rings. The first-order valence-corrected chi connectivity index (χ1v) is 6.22. The summed E-state index contributed by atoms with van der Waals surface area (Å²) >= 11 is 3.74. The molecule has 94 valence electrons. The fourth-order valence-electron chi connectivity index (χ4n) is 1.78. The highest BCUT2D eigenvalue weighted by molar-refractivity contribution is 7.78. The van der Waals surface area contributed by atoms with Gasteiger partial charge in [-0.1, -0.05) is 45.7 Å². The van der Waals surface area contributed by atoms with Crippen molar-refractivity contribution in [2.24, 2.45) is 0 Å². The van der Waals surface area contributed by atoms with E-state index in [1.54, 1.807) is 6.07 Å². The summed E-state index contributed by atoms with van der Waals surface area (Å²) in [5.74, 6) is -0.292. The topological polar surface area (TPSA) is 42.0 Å². The Bertz CT molecular complexity index is 602. The summed E-state index contributed by atoms with van der Waals surface area (Å²) in [6, 6.07) is 9.74. The third kappa shape index (κ3) is 2.48. The van der Waals surface area contributed by atoms with Gasteiger partial charge in [-0.3, -0.25) is 9.52 Å². The van der Waals surface area contributed by atoms with Crippen LogP contribution in [0.4, 0.5) is 0 Å². The highest BCUT2D eigenvalue weighted by atomic mass is 32.1. The highest BCUT2D eigenvalue weighted by Crippen LogP contribution is 2.25. The van der Waals surface area contributed by atoms with Crippen LogP contribution in [0, 0.1) is 0 Å². The fraction of sp³-hybridized carbons (Fsp3) is 0.286. The molecule has 2 rings (SSSR count). The molecule has 0 radical (unpaired) electrons. The van der Waals surface area contributed by atoms with Crippen molar-refractivity contribution in [1.82, 2.24) is 9.71 Å². The van der Waals surface area contributed by atoms with Crippen LogP contribution in [0.15, 0.2) is 30.3 Å². The molecular weight excluding hydrogens is 244 g/mol. The number of rotatable bonds is 1. The van der Waals surface area contributed by atoms with Crippen molar-refractivity contribution in [2.75, 3.05) is 0 Å². The number of pyridine rings is 1. The van der Waals surface area contributed by atoms with Gasteiger partial charge in [0.2, 0.25) is 0 Å². The van der Waals surface area contributed by atoms with Crippen molar-refractivity contribution in [3.8, 4) is 0 Å². The van der Waals surface area contributed by atoms with Crippen LogP contribution in [0.25, 0.3) is 10.9 Å². The number of hydrogen-bond acceptors (Lipinski definition) is 3. The van der Waals surface area contributed by atoms with Crippen molar-refractivity contribution in [3.63, 3.8) is 0 Å². The number of amides is 1. The predicted octanol–water partition coefficient (Wildman–Crippen LogP) is 3.11. The molecule has 0 saturated heterocycles. The number of hydrogen-bond donors (Lipinski definition) is 2. The molecule has 1 heterocycles. The fourth-order valence-corrected chi connectivity index (χ4v) is 1.89. The summed E-state index contributed by atoms with van der Waals surface area (Å²) in [6.45, 7) is 6.51. The maximum Gasteiger partial charge on any atom is 0.279 e. The Morgan fingerprint density at radius 1 is 1.22 bits per heavy atom. The molecule has 18 heavy (non-hydrogen) atoms. The SMILES string of the molecule is CC(C)(C)c1ccc2nc(C(=O)NS)ccc2c1. The molecule has 0 spiro atoms. The van der Waals surface area contributed by atoms with Crippen molar-refractivity contribution in [2.45, 2.75) is 26.2 Å². The normalized spacial score (nSPS) is 11.6. The molecule has 0 saturated carbocycles. The van der Waals surface area contributed by atoms with Crippen LogP contribution < -0.4 is 4.72 Å². The quantitative estimate of drug-likeness (QED) is 0.774. The first-order valence-electron chi connectivity index (χ1n) is 5.77. The predicted molar refractivity (Wildman–Crippen MR) is 76.9 cm³/mol. The molecule has 0 aliphatic rings. The zero-order valence-electron chi connectivity index (χ0n) is 10.7. The van der Waals surface area contributed by atoms with Gasteiger partial charge < -0.3 is 0 Å². The Balaban J connectivity index is 2.52. The summed E-state index contributed by atoms with van der Waals surface area (Å²) in [7, 11) is 0. The van der Waals surface area contributed by atoms with E-state index in [2.05, 4.69) is 55.4 Å². The van der Waals surface area contributed by atoms with Crippen LogP contribution >= 0.6 is 12.8 Å². The molecule has 0 aliphatic carbocycles. The maximum atomic E-state index is 11.4. The maximum absolute atomic E-state index is 11.4. The first kappa shape index (κ1) is 12.9. The molecule has 0 atom stereocenters. The van der Waals surface area contributed by atoms with E-state index in [1.807, 2.05) is 12.1 Å². The van der Waals surface area contributed by atoms with Gasteiger partial charge in [-0.15, -0.1) is 0 Å². The number of aromatic nitrogens is 1. The molecule has 0 unspecified atom stereocenters. The van der Waals surface area contributed by atoms with Crippen molar-refractivity contribution in [3.05, 3.63) is 41.6 Å². The number of carbonyl (C=O) groups excluding carboxylic acids is 1. The minimum Gasteiger partial charge on any atom is -0.297 e. The lowest BCUT2D eigenvalue weighted by Gasteiger charge is -2.19. The average molecular weight is 260 g/mol. The minimum atomic E-state index is -0.292. The van der Waals surface area contributed by atoms with Gasteiger partial charge in [-0.25, -0.2) is 4.98 Å². The van der Waals surface area contributed by atoms with E-state index < -0.39 is 0 Å². The molecule has 1 amide bonds. The van der Waals surface area contributed by atoms with Gasteiger partial charge in [0.05, 0.1) is 5.52 Å². The summed E-state index contributed by atoms with van der Waals surface area (Å²) in [5.41, 5.74) is 2.55. The lowest BCUT2D eigenvalue weighted by molar-refractivity contribution is 0.0980. The lowest BCUT2D eigenvalue weighted by Crippen LogP contribution is -2.14. The average Bonchev–Trinajstić information content (AvgIpc) is 2.35. The molecule has 1 aromatic heterocycles. The van der Waals surface area contributed by atoms with E-state index in [9.17, 15) is 4.79 Å². The van der Waals surface area contributed by atoms with Crippen molar-refractivity contribution in [1.29, 1.82) is 0 Å². The highest BCUT2D eigenvalue weighted by Gasteiger charge is 2.14. The molecule has 3 nitrogen and oxygen atoms in total. The smallest absolute Gasteiger partial charge is 0.279 e. The molecular formula is C14H16N2OS. The summed E-state index contributed by atoms with van der Waals surface area (Å²) in [6.07, 6.45) is 0. The molecule has 1 aromatic carbocycles. The Hall–Kier alpha value is -1.55. The van der Waals surface area contributed by atoms with Crippen LogP contribution in [-0.2, 0) is 5.41 Å². The van der Waals surface area contributed by atoms with Crippen LogP contribution in [0.5, 0.6) is 0 Å². The van der Waals surface area contributed by atoms with Gasteiger partial charge in [0.1, 0.15) is 5.69 Å². The number of thiol groups is 1. The molecule has 0 bridgehead atoms.